The molecular formula is C19H26N6O2S2. The van der Waals surface area contributed by atoms with E-state index in [4.69, 9.17) is 5.26 Å². The third-order valence-electron chi connectivity index (χ3n) is 4.06. The summed E-state index contributed by atoms with van der Waals surface area (Å²) in [5, 5.41) is 17.3. The topological polar surface area (TPSA) is 111 Å². The quantitative estimate of drug-likeness (QED) is 0.656. The van der Waals surface area contributed by atoms with E-state index in [0.29, 0.717) is 5.13 Å². The van der Waals surface area contributed by atoms with Gasteiger partial charge in [0.05, 0.1) is 28.8 Å². The molecule has 2 aromatic heterocycles. The van der Waals surface area contributed by atoms with Crippen LogP contribution in [0.4, 0.5) is 9.93 Å². The Kier molecular flexibility index (Phi) is 8.10. The molecule has 10 heteroatoms. The second-order valence-corrected chi connectivity index (χ2v) is 8.96. The smallest absolute Gasteiger partial charge is 0.321 e. The van der Waals surface area contributed by atoms with Gasteiger partial charge in [0.15, 0.2) is 5.13 Å². The van der Waals surface area contributed by atoms with Gasteiger partial charge in [0.25, 0.3) is 0 Å². The van der Waals surface area contributed by atoms with Gasteiger partial charge in [-0.05, 0) is 34.6 Å². The van der Waals surface area contributed by atoms with E-state index in [1.165, 1.54) is 22.7 Å². The summed E-state index contributed by atoms with van der Waals surface area (Å²) in [6, 6.07) is 1.92. The highest BCUT2D eigenvalue weighted by atomic mass is 32.1. The van der Waals surface area contributed by atoms with Gasteiger partial charge >= 0.3 is 6.03 Å². The second kappa shape index (κ2) is 10.3. The third kappa shape index (κ3) is 6.24. The SMILES string of the molecule is Cc1nc(NC(=O)NCCC(=O)N(C(C)C)C(C)C)sc1-c1csc(CC#N)n1. The van der Waals surface area contributed by atoms with Crippen LogP contribution in [0.15, 0.2) is 5.38 Å². The second-order valence-electron chi connectivity index (χ2n) is 7.01. The molecular weight excluding hydrogens is 408 g/mol. The minimum atomic E-state index is -0.401. The first-order chi connectivity index (χ1) is 13.7. The Balaban J connectivity index is 1.90. The number of nitrogens with one attached hydrogen (secondary N) is 2. The highest BCUT2D eigenvalue weighted by Crippen LogP contribution is 2.33. The minimum Gasteiger partial charge on any atom is -0.338 e. The molecule has 2 heterocycles. The number of rotatable bonds is 8. The van der Waals surface area contributed by atoms with E-state index in [-0.39, 0.29) is 37.4 Å². The monoisotopic (exact) mass is 434 g/mol. The molecule has 2 rings (SSSR count). The van der Waals surface area contributed by atoms with Gasteiger partial charge in [-0.3, -0.25) is 10.1 Å². The van der Waals surface area contributed by atoms with Crippen LogP contribution in [0.5, 0.6) is 0 Å². The number of anilines is 1. The maximum Gasteiger partial charge on any atom is 0.321 e. The van der Waals surface area contributed by atoms with Crippen LogP contribution in [0, 0.1) is 18.3 Å². The van der Waals surface area contributed by atoms with E-state index in [0.717, 1.165) is 21.3 Å². The zero-order valence-electron chi connectivity index (χ0n) is 17.3. The van der Waals surface area contributed by atoms with Crippen molar-refractivity contribution in [2.75, 3.05) is 11.9 Å². The lowest BCUT2D eigenvalue weighted by molar-refractivity contribution is -0.134. The van der Waals surface area contributed by atoms with Crippen LogP contribution in [0.1, 0.15) is 44.8 Å². The van der Waals surface area contributed by atoms with Crippen molar-refractivity contribution in [3.8, 4) is 16.6 Å². The molecule has 29 heavy (non-hydrogen) atoms. The number of carbonyl (C=O) groups is 2. The molecule has 0 aliphatic heterocycles. The van der Waals surface area contributed by atoms with Gasteiger partial charge in [0.1, 0.15) is 5.01 Å². The number of hydrogen-bond acceptors (Lipinski definition) is 7. The van der Waals surface area contributed by atoms with Crippen LogP contribution in [0.2, 0.25) is 0 Å². The Morgan fingerprint density at radius 2 is 1.93 bits per heavy atom. The first-order valence-corrected chi connectivity index (χ1v) is 11.1. The number of nitriles is 1. The lowest BCUT2D eigenvalue weighted by Gasteiger charge is -2.30. The molecule has 0 aliphatic rings. The summed E-state index contributed by atoms with van der Waals surface area (Å²) in [5.74, 6) is 0.0133. The number of hydrogen-bond donors (Lipinski definition) is 2. The average molecular weight is 435 g/mol. The van der Waals surface area contributed by atoms with Crippen LogP contribution in [0.3, 0.4) is 0 Å². The molecule has 2 N–H and O–H groups in total. The summed E-state index contributed by atoms with van der Waals surface area (Å²) >= 11 is 2.76. The molecule has 0 spiro atoms. The van der Waals surface area contributed by atoms with Gasteiger partial charge in [0.2, 0.25) is 5.91 Å². The molecule has 0 saturated heterocycles. The molecule has 0 aromatic carbocycles. The largest absolute Gasteiger partial charge is 0.338 e. The van der Waals surface area contributed by atoms with E-state index < -0.39 is 6.03 Å². The van der Waals surface area contributed by atoms with E-state index >= 15 is 0 Å². The van der Waals surface area contributed by atoms with E-state index in [1.807, 2.05) is 44.9 Å². The van der Waals surface area contributed by atoms with Gasteiger partial charge < -0.3 is 10.2 Å². The predicted octanol–water partition coefficient (Wildman–Crippen LogP) is 3.80. The van der Waals surface area contributed by atoms with Crippen LogP contribution < -0.4 is 10.6 Å². The van der Waals surface area contributed by atoms with Gasteiger partial charge in [-0.15, -0.1) is 11.3 Å². The van der Waals surface area contributed by atoms with Crippen LogP contribution in [-0.2, 0) is 11.2 Å². The van der Waals surface area contributed by atoms with Crippen molar-refractivity contribution in [2.24, 2.45) is 0 Å². The van der Waals surface area contributed by atoms with E-state index in [2.05, 4.69) is 26.7 Å². The standard InChI is InChI=1S/C19H26N6O2S2/c1-11(2)25(12(3)4)16(26)7-9-21-18(27)24-19-22-13(5)17(29-19)14-10-28-15(23-14)6-8-20/h10-12H,6-7,9H2,1-5H3,(H2,21,22,24,27). The van der Waals surface area contributed by atoms with Gasteiger partial charge in [-0.2, -0.15) is 5.26 Å². The van der Waals surface area contributed by atoms with Crippen molar-refractivity contribution in [3.05, 3.63) is 16.1 Å². The van der Waals surface area contributed by atoms with Crippen molar-refractivity contribution in [3.63, 3.8) is 0 Å². The summed E-state index contributed by atoms with van der Waals surface area (Å²) in [6.07, 6.45) is 0.520. The maximum absolute atomic E-state index is 12.3. The molecule has 0 atom stereocenters. The van der Waals surface area contributed by atoms with Crippen LogP contribution in [0.25, 0.3) is 10.6 Å². The fourth-order valence-corrected chi connectivity index (χ4v) is 4.69. The minimum absolute atomic E-state index is 0.0133. The molecule has 156 valence electrons. The Morgan fingerprint density at radius 1 is 1.24 bits per heavy atom. The van der Waals surface area contributed by atoms with Crippen molar-refractivity contribution >= 4 is 39.7 Å². The number of urea groups is 1. The van der Waals surface area contributed by atoms with Crippen LogP contribution in [-0.4, -0.2) is 45.4 Å². The molecule has 3 amide bonds. The van der Waals surface area contributed by atoms with Crippen molar-refractivity contribution in [2.45, 2.75) is 59.5 Å². The summed E-state index contributed by atoms with van der Waals surface area (Å²) in [4.78, 5) is 36.0. The zero-order valence-corrected chi connectivity index (χ0v) is 18.9. The molecule has 2 aromatic rings. The lowest BCUT2D eigenvalue weighted by atomic mass is 10.2. The molecule has 8 nitrogen and oxygen atoms in total. The Labute approximate surface area is 179 Å². The Hall–Kier alpha value is -2.51. The molecule has 0 aliphatic carbocycles. The highest BCUT2D eigenvalue weighted by molar-refractivity contribution is 7.19. The molecule has 0 bridgehead atoms. The number of aromatic nitrogens is 2. The van der Waals surface area contributed by atoms with E-state index in [1.54, 1.807) is 0 Å². The fourth-order valence-electron chi connectivity index (χ4n) is 2.98. The molecule has 0 radical (unpaired) electrons. The van der Waals surface area contributed by atoms with Crippen LogP contribution >= 0.6 is 22.7 Å². The Morgan fingerprint density at radius 3 is 2.55 bits per heavy atom. The summed E-state index contributed by atoms with van der Waals surface area (Å²) in [5.41, 5.74) is 1.52. The van der Waals surface area contributed by atoms with Crippen molar-refractivity contribution in [1.82, 2.24) is 20.2 Å². The maximum atomic E-state index is 12.3. The van der Waals surface area contributed by atoms with Gasteiger partial charge in [-0.1, -0.05) is 11.3 Å². The first-order valence-electron chi connectivity index (χ1n) is 9.38. The van der Waals surface area contributed by atoms with Gasteiger partial charge in [-0.25, -0.2) is 14.8 Å². The number of aryl methyl sites for hydroxylation is 1. The first kappa shape index (κ1) is 22.8. The summed E-state index contributed by atoms with van der Waals surface area (Å²) in [7, 11) is 0. The predicted molar refractivity (Wildman–Crippen MR) is 116 cm³/mol. The third-order valence-corrected chi connectivity index (χ3v) is 6.00. The van der Waals surface area contributed by atoms with Crippen molar-refractivity contribution < 1.29 is 9.59 Å². The number of amides is 3. The van der Waals surface area contributed by atoms with Gasteiger partial charge in [0, 0.05) is 30.4 Å². The average Bonchev–Trinajstić information content (AvgIpc) is 3.20. The number of thiazole rings is 2. The number of nitrogens with zero attached hydrogens (tertiary/aromatic N) is 4. The number of carbonyl (C=O) groups excluding carboxylic acids is 2. The molecule has 0 fully saturated rings. The normalized spacial score (nSPS) is 10.8. The van der Waals surface area contributed by atoms with E-state index in [9.17, 15) is 9.59 Å². The lowest BCUT2D eigenvalue weighted by Crippen LogP contribution is -2.43. The summed E-state index contributed by atoms with van der Waals surface area (Å²) < 4.78 is 0. The highest BCUT2D eigenvalue weighted by Gasteiger charge is 2.20. The van der Waals surface area contributed by atoms with Crippen molar-refractivity contribution in [1.29, 1.82) is 5.26 Å². The fraction of sp³-hybridized carbons (Fsp3) is 0.526. The Bertz CT molecular complexity index is 889. The molecule has 0 saturated carbocycles. The zero-order chi connectivity index (χ0) is 21.6. The molecule has 0 unspecified atom stereocenters. The summed E-state index contributed by atoms with van der Waals surface area (Å²) in [6.45, 7) is 10.0.